The molecular weight excluding hydrogens is 551 g/mol. The number of hydrogen-bond acceptors (Lipinski definition) is 13. The van der Waals surface area contributed by atoms with Gasteiger partial charge in [-0.2, -0.15) is 5.21 Å². The SMILES string of the molecule is [N-]=[N+]=Nc1nc(N)c2ncn([C@@H]3O[C@H](COC(Cc4cccc(-c5nn[nH]n5)c4)(C(=O)O)C(=O)O)[C@@H](O)[C@@H]3F)c2n1. The van der Waals surface area contributed by atoms with Crippen molar-refractivity contribution in [2.75, 3.05) is 12.3 Å². The average molecular weight is 570 g/mol. The van der Waals surface area contributed by atoms with Crippen molar-refractivity contribution in [3.63, 3.8) is 0 Å². The normalized spacial score (nSPS) is 20.6. The zero-order valence-corrected chi connectivity index (χ0v) is 20.5. The number of benzene rings is 1. The molecule has 4 aromatic rings. The Hall–Kier alpha value is -5.30. The number of carboxylic acids is 2. The molecule has 5 rings (SSSR count). The van der Waals surface area contributed by atoms with Gasteiger partial charge in [-0.1, -0.05) is 18.2 Å². The van der Waals surface area contributed by atoms with Crippen LogP contribution in [0.2, 0.25) is 0 Å². The van der Waals surface area contributed by atoms with Gasteiger partial charge in [0.2, 0.25) is 11.8 Å². The maximum Gasteiger partial charge on any atom is 0.348 e. The molecule has 3 aromatic heterocycles. The second-order valence-electron chi connectivity index (χ2n) is 8.78. The summed E-state index contributed by atoms with van der Waals surface area (Å²) in [6, 6.07) is 6.09. The lowest BCUT2D eigenvalue weighted by Gasteiger charge is -2.27. The number of anilines is 1. The van der Waals surface area contributed by atoms with E-state index in [1.165, 1.54) is 18.2 Å². The molecule has 0 saturated carbocycles. The summed E-state index contributed by atoms with van der Waals surface area (Å²) < 4.78 is 27.3. The highest BCUT2D eigenvalue weighted by molar-refractivity contribution is 6.02. The third kappa shape index (κ3) is 4.94. The molecule has 0 amide bonds. The van der Waals surface area contributed by atoms with Gasteiger partial charge in [-0.3, -0.25) is 4.57 Å². The Balaban J connectivity index is 1.39. The van der Waals surface area contributed by atoms with E-state index in [-0.39, 0.29) is 34.3 Å². The molecule has 0 bridgehead atoms. The minimum Gasteiger partial charge on any atom is -0.479 e. The number of hydrogen-bond donors (Lipinski definition) is 5. The Morgan fingerprint density at radius 2 is 2.10 bits per heavy atom. The van der Waals surface area contributed by atoms with Gasteiger partial charge >= 0.3 is 11.9 Å². The second-order valence-corrected chi connectivity index (χ2v) is 8.78. The largest absolute Gasteiger partial charge is 0.479 e. The van der Waals surface area contributed by atoms with Crippen LogP contribution in [0.25, 0.3) is 33.0 Å². The Kier molecular flexibility index (Phi) is 7.11. The topological polar surface area (TPSA) is 286 Å². The van der Waals surface area contributed by atoms with Gasteiger partial charge in [0.25, 0.3) is 5.60 Å². The molecule has 0 radical (unpaired) electrons. The number of halogens is 1. The lowest BCUT2D eigenvalue weighted by molar-refractivity contribution is -0.190. The number of tetrazole rings is 1. The number of nitrogens with zero attached hydrogens (tertiary/aromatic N) is 10. The minimum absolute atomic E-state index is 0.0331. The predicted octanol–water partition coefficient (Wildman–Crippen LogP) is 0.294. The summed E-state index contributed by atoms with van der Waals surface area (Å²) in [7, 11) is 0. The van der Waals surface area contributed by atoms with Crippen molar-refractivity contribution in [3.05, 3.63) is 46.6 Å². The fourth-order valence-corrected chi connectivity index (χ4v) is 4.30. The number of nitrogen functional groups attached to an aromatic ring is 1. The summed E-state index contributed by atoms with van der Waals surface area (Å²) in [4.78, 5) is 38.8. The van der Waals surface area contributed by atoms with E-state index in [2.05, 4.69) is 45.6 Å². The molecule has 19 nitrogen and oxygen atoms in total. The van der Waals surface area contributed by atoms with Gasteiger partial charge in [0.05, 0.1) is 12.9 Å². The van der Waals surface area contributed by atoms with Crippen LogP contribution in [0.3, 0.4) is 0 Å². The second kappa shape index (κ2) is 10.7. The average Bonchev–Trinajstić information content (AvgIpc) is 3.68. The first-order valence-corrected chi connectivity index (χ1v) is 11.6. The number of carboxylic acid groups (broad SMARTS) is 2. The number of aromatic amines is 1. The number of aromatic nitrogens is 8. The fourth-order valence-electron chi connectivity index (χ4n) is 4.30. The van der Waals surface area contributed by atoms with Crippen LogP contribution in [0, 0.1) is 0 Å². The van der Waals surface area contributed by atoms with Crippen LogP contribution in [-0.4, -0.2) is 98.0 Å². The molecule has 1 aromatic carbocycles. The quantitative estimate of drug-likeness (QED) is 0.0741. The van der Waals surface area contributed by atoms with Crippen LogP contribution in [0.4, 0.5) is 16.2 Å². The number of rotatable bonds is 10. The summed E-state index contributed by atoms with van der Waals surface area (Å²) in [5.74, 6) is -4.02. The van der Waals surface area contributed by atoms with Crippen LogP contribution in [0.15, 0.2) is 35.7 Å². The van der Waals surface area contributed by atoms with Crippen molar-refractivity contribution < 1.29 is 38.8 Å². The van der Waals surface area contributed by atoms with Crippen molar-refractivity contribution in [1.82, 2.24) is 40.1 Å². The molecule has 20 heteroatoms. The number of alkyl halides is 1. The summed E-state index contributed by atoms with van der Waals surface area (Å²) >= 11 is 0. The molecule has 0 spiro atoms. The van der Waals surface area contributed by atoms with E-state index in [1.54, 1.807) is 6.07 Å². The number of carbonyl (C=O) groups is 2. The Morgan fingerprint density at radius 3 is 2.78 bits per heavy atom. The molecule has 0 aliphatic carbocycles. The number of aliphatic hydroxyl groups is 1. The maximum atomic E-state index is 15.2. The number of H-pyrrole nitrogens is 1. The molecule has 1 aliphatic heterocycles. The van der Waals surface area contributed by atoms with E-state index in [1.807, 2.05) is 0 Å². The highest BCUT2D eigenvalue weighted by Crippen LogP contribution is 2.35. The molecule has 4 heterocycles. The highest BCUT2D eigenvalue weighted by atomic mass is 19.1. The van der Waals surface area contributed by atoms with Crippen LogP contribution in [0.5, 0.6) is 0 Å². The monoisotopic (exact) mass is 570 g/mol. The van der Waals surface area contributed by atoms with Gasteiger partial charge in [-0.25, -0.2) is 28.9 Å². The van der Waals surface area contributed by atoms with Crippen molar-refractivity contribution in [1.29, 1.82) is 0 Å². The molecule has 0 unspecified atom stereocenters. The third-order valence-corrected chi connectivity index (χ3v) is 6.31. The summed E-state index contributed by atoms with van der Waals surface area (Å²) in [6.45, 7) is -0.824. The lowest BCUT2D eigenvalue weighted by Crippen LogP contribution is -2.52. The number of nitrogens with one attached hydrogen (secondary N) is 1. The summed E-state index contributed by atoms with van der Waals surface area (Å²) in [5, 5.41) is 47.0. The van der Waals surface area contributed by atoms with E-state index in [4.69, 9.17) is 20.7 Å². The van der Waals surface area contributed by atoms with Crippen LogP contribution >= 0.6 is 0 Å². The number of aliphatic hydroxyl groups excluding tert-OH is 1. The standard InChI is InChI=1S/C21H19FN12O7/c22-11-13(35)10(41-17(11)34-7-25-12-14(23)26-20(30-31-24)27-16(12)34)6-40-21(18(36)37,19(38)39)5-8-2-1-3-9(4-8)15-28-32-33-29-15/h1-4,7,10-11,13,17,35H,5-6H2,(H,36,37)(H,38,39)(H2,23,26,27)(H,28,29,32,33)/t10-,11+,13-,17-/m1/s1. The molecule has 4 atom stereocenters. The predicted molar refractivity (Wildman–Crippen MR) is 131 cm³/mol. The van der Waals surface area contributed by atoms with Gasteiger partial charge in [0.1, 0.15) is 17.7 Å². The zero-order chi connectivity index (χ0) is 29.3. The van der Waals surface area contributed by atoms with Crippen LogP contribution < -0.4 is 5.73 Å². The number of fused-ring (bicyclic) bond motifs is 1. The van der Waals surface area contributed by atoms with E-state index >= 15 is 4.39 Å². The van der Waals surface area contributed by atoms with Crippen molar-refractivity contribution in [3.8, 4) is 11.4 Å². The maximum absolute atomic E-state index is 15.2. The van der Waals surface area contributed by atoms with E-state index in [0.717, 1.165) is 10.9 Å². The molecular formula is C21H19FN12O7. The minimum atomic E-state index is -2.84. The van der Waals surface area contributed by atoms with Crippen molar-refractivity contribution in [2.45, 2.75) is 36.6 Å². The van der Waals surface area contributed by atoms with Gasteiger partial charge in [-0.15, -0.1) is 10.2 Å². The molecule has 1 aliphatic rings. The summed E-state index contributed by atoms with van der Waals surface area (Å²) in [6.07, 6.45) is -6.59. The Morgan fingerprint density at radius 1 is 1.32 bits per heavy atom. The molecule has 212 valence electrons. The van der Waals surface area contributed by atoms with Crippen LogP contribution in [0.1, 0.15) is 11.8 Å². The first-order chi connectivity index (χ1) is 19.6. The van der Waals surface area contributed by atoms with Gasteiger partial charge in [-0.05, 0) is 27.5 Å². The zero-order valence-electron chi connectivity index (χ0n) is 20.5. The smallest absolute Gasteiger partial charge is 0.348 e. The number of aliphatic carboxylic acids is 2. The Labute approximate surface area is 226 Å². The molecule has 1 fully saturated rings. The van der Waals surface area contributed by atoms with E-state index < -0.39 is 55.2 Å². The molecule has 1 saturated heterocycles. The Bertz CT molecular complexity index is 1640. The van der Waals surface area contributed by atoms with Gasteiger partial charge < -0.3 is 30.5 Å². The van der Waals surface area contributed by atoms with Crippen LogP contribution in [-0.2, 0) is 25.5 Å². The summed E-state index contributed by atoms with van der Waals surface area (Å²) in [5.41, 5.74) is 12.3. The first-order valence-electron chi connectivity index (χ1n) is 11.6. The van der Waals surface area contributed by atoms with E-state index in [0.29, 0.717) is 5.56 Å². The number of ether oxygens (including phenoxy) is 2. The number of azide groups is 1. The number of nitrogens with two attached hydrogens (primary N) is 1. The lowest BCUT2D eigenvalue weighted by atomic mass is 9.93. The van der Waals surface area contributed by atoms with Gasteiger partial charge in [0.15, 0.2) is 23.9 Å². The molecule has 6 N–H and O–H groups in total. The first kappa shape index (κ1) is 27.3. The van der Waals surface area contributed by atoms with E-state index in [9.17, 15) is 24.9 Å². The third-order valence-electron chi connectivity index (χ3n) is 6.31. The number of imidazole rings is 1. The molecule has 41 heavy (non-hydrogen) atoms. The van der Waals surface area contributed by atoms with Crippen molar-refractivity contribution >= 4 is 34.9 Å². The van der Waals surface area contributed by atoms with Crippen molar-refractivity contribution in [2.24, 2.45) is 5.11 Å². The fraction of sp³-hybridized carbons (Fsp3) is 0.333. The van der Waals surface area contributed by atoms with Gasteiger partial charge in [0, 0.05) is 16.9 Å². The highest BCUT2D eigenvalue weighted by Gasteiger charge is 2.52.